The van der Waals surface area contributed by atoms with Crippen LogP contribution in [0, 0.1) is 12.8 Å². The van der Waals surface area contributed by atoms with E-state index in [0.29, 0.717) is 23.6 Å². The van der Waals surface area contributed by atoms with E-state index in [0.717, 1.165) is 12.2 Å². The molecular formula is C11H20N4. The van der Waals surface area contributed by atoms with Crippen molar-refractivity contribution in [2.45, 2.75) is 40.2 Å². The molecule has 2 atom stereocenters. The van der Waals surface area contributed by atoms with Crippen LogP contribution in [0.1, 0.15) is 33.0 Å². The highest BCUT2D eigenvalue weighted by molar-refractivity contribution is 5.45. The number of nitrogens with zero attached hydrogens (tertiary/aromatic N) is 2. The summed E-state index contributed by atoms with van der Waals surface area (Å²) >= 11 is 0. The van der Waals surface area contributed by atoms with Gasteiger partial charge in [-0.05, 0) is 19.8 Å². The summed E-state index contributed by atoms with van der Waals surface area (Å²) in [5, 5.41) is 3.34. The Hall–Kier alpha value is -1.32. The summed E-state index contributed by atoms with van der Waals surface area (Å²) in [7, 11) is 0. The summed E-state index contributed by atoms with van der Waals surface area (Å²) in [5.74, 6) is 2.64. The number of aryl methyl sites for hydroxylation is 1. The summed E-state index contributed by atoms with van der Waals surface area (Å²) in [6.07, 6.45) is 1.15. The average molecular weight is 208 g/mol. The van der Waals surface area contributed by atoms with Crippen molar-refractivity contribution in [1.82, 2.24) is 9.97 Å². The SMILES string of the molecule is CCC(C)C(C)Nc1cc(N)nc(C)n1. The minimum absolute atomic E-state index is 0.392. The molecule has 0 bridgehead atoms. The largest absolute Gasteiger partial charge is 0.384 e. The Labute approximate surface area is 91.3 Å². The molecule has 1 rings (SSSR count). The lowest BCUT2D eigenvalue weighted by Gasteiger charge is -2.20. The number of rotatable bonds is 4. The molecule has 1 aromatic rings. The third-order valence-electron chi connectivity index (χ3n) is 2.73. The van der Waals surface area contributed by atoms with E-state index in [-0.39, 0.29) is 0 Å². The maximum atomic E-state index is 5.65. The molecule has 84 valence electrons. The zero-order valence-corrected chi connectivity index (χ0v) is 9.91. The van der Waals surface area contributed by atoms with Crippen molar-refractivity contribution < 1.29 is 0 Å². The van der Waals surface area contributed by atoms with Gasteiger partial charge in [-0.3, -0.25) is 0 Å². The highest BCUT2D eigenvalue weighted by atomic mass is 15.1. The van der Waals surface area contributed by atoms with Crippen LogP contribution in [-0.4, -0.2) is 16.0 Å². The van der Waals surface area contributed by atoms with Crippen LogP contribution >= 0.6 is 0 Å². The molecule has 3 N–H and O–H groups in total. The van der Waals surface area contributed by atoms with E-state index in [1.54, 1.807) is 6.07 Å². The highest BCUT2D eigenvalue weighted by Gasteiger charge is 2.10. The van der Waals surface area contributed by atoms with Crippen LogP contribution in [0.4, 0.5) is 11.6 Å². The molecule has 4 nitrogen and oxygen atoms in total. The number of hydrogen-bond donors (Lipinski definition) is 2. The minimum atomic E-state index is 0.392. The number of nitrogens with two attached hydrogens (primary N) is 1. The Morgan fingerprint density at radius 1 is 1.40 bits per heavy atom. The molecule has 0 aliphatic carbocycles. The molecule has 1 aromatic heterocycles. The zero-order valence-electron chi connectivity index (χ0n) is 9.91. The van der Waals surface area contributed by atoms with Crippen LogP contribution in [0.25, 0.3) is 0 Å². The van der Waals surface area contributed by atoms with Gasteiger partial charge in [-0.2, -0.15) is 0 Å². The van der Waals surface area contributed by atoms with E-state index >= 15 is 0 Å². The topological polar surface area (TPSA) is 63.8 Å². The first-order chi connectivity index (χ1) is 7.02. The number of nitrogen functional groups attached to an aromatic ring is 1. The molecule has 0 spiro atoms. The first kappa shape index (κ1) is 11.8. The van der Waals surface area contributed by atoms with Crippen molar-refractivity contribution in [3.63, 3.8) is 0 Å². The van der Waals surface area contributed by atoms with Gasteiger partial charge in [-0.1, -0.05) is 20.3 Å². The predicted octanol–water partition coefficient (Wildman–Crippen LogP) is 2.21. The van der Waals surface area contributed by atoms with E-state index in [1.807, 2.05) is 6.92 Å². The lowest BCUT2D eigenvalue weighted by molar-refractivity contribution is 0.493. The monoisotopic (exact) mass is 208 g/mol. The Balaban J connectivity index is 2.72. The molecule has 1 heterocycles. The summed E-state index contributed by atoms with van der Waals surface area (Å²) < 4.78 is 0. The fourth-order valence-electron chi connectivity index (χ4n) is 1.39. The normalized spacial score (nSPS) is 14.7. The lowest BCUT2D eigenvalue weighted by atomic mass is 10.0. The Kier molecular flexibility index (Phi) is 3.88. The Morgan fingerprint density at radius 2 is 2.07 bits per heavy atom. The molecule has 0 saturated carbocycles. The predicted molar refractivity (Wildman–Crippen MR) is 63.7 cm³/mol. The third kappa shape index (κ3) is 3.38. The van der Waals surface area contributed by atoms with Gasteiger partial charge in [0.15, 0.2) is 0 Å². The van der Waals surface area contributed by atoms with E-state index in [2.05, 4.69) is 36.1 Å². The molecule has 0 amide bonds. The van der Waals surface area contributed by atoms with E-state index in [1.165, 1.54) is 0 Å². The summed E-state index contributed by atoms with van der Waals surface area (Å²) in [4.78, 5) is 8.32. The molecule has 0 fully saturated rings. The Bertz CT molecular complexity index is 304. The van der Waals surface area contributed by atoms with E-state index in [4.69, 9.17) is 5.73 Å². The second kappa shape index (κ2) is 4.96. The first-order valence-electron chi connectivity index (χ1n) is 5.40. The van der Waals surface area contributed by atoms with Crippen LogP contribution in [0.3, 0.4) is 0 Å². The van der Waals surface area contributed by atoms with Gasteiger partial charge < -0.3 is 11.1 Å². The van der Waals surface area contributed by atoms with Crippen molar-refractivity contribution in [3.8, 4) is 0 Å². The first-order valence-corrected chi connectivity index (χ1v) is 5.40. The minimum Gasteiger partial charge on any atom is -0.384 e. The fraction of sp³-hybridized carbons (Fsp3) is 0.636. The molecule has 0 aliphatic rings. The zero-order chi connectivity index (χ0) is 11.4. The quantitative estimate of drug-likeness (QED) is 0.796. The number of hydrogen-bond acceptors (Lipinski definition) is 4. The van der Waals surface area contributed by atoms with Crippen molar-refractivity contribution in [1.29, 1.82) is 0 Å². The van der Waals surface area contributed by atoms with Crippen molar-refractivity contribution in [2.75, 3.05) is 11.1 Å². The molecule has 2 unspecified atom stereocenters. The van der Waals surface area contributed by atoms with Crippen LogP contribution < -0.4 is 11.1 Å². The molecule has 0 aromatic carbocycles. The molecule has 0 aliphatic heterocycles. The van der Waals surface area contributed by atoms with Crippen molar-refractivity contribution in [3.05, 3.63) is 11.9 Å². The average Bonchev–Trinajstić information content (AvgIpc) is 2.14. The maximum Gasteiger partial charge on any atom is 0.132 e. The van der Waals surface area contributed by atoms with E-state index in [9.17, 15) is 0 Å². The molecule has 0 saturated heterocycles. The van der Waals surface area contributed by atoms with Gasteiger partial charge in [-0.25, -0.2) is 9.97 Å². The Morgan fingerprint density at radius 3 is 2.60 bits per heavy atom. The van der Waals surface area contributed by atoms with Gasteiger partial charge in [0.1, 0.15) is 17.5 Å². The second-order valence-corrected chi connectivity index (χ2v) is 4.04. The molecule has 0 radical (unpaired) electrons. The molecule has 4 heteroatoms. The third-order valence-corrected chi connectivity index (χ3v) is 2.73. The van der Waals surface area contributed by atoms with Gasteiger partial charge in [0.25, 0.3) is 0 Å². The van der Waals surface area contributed by atoms with E-state index < -0.39 is 0 Å². The highest BCUT2D eigenvalue weighted by Crippen LogP contribution is 2.14. The number of anilines is 2. The summed E-state index contributed by atoms with van der Waals surface area (Å²) in [6, 6.07) is 2.16. The second-order valence-electron chi connectivity index (χ2n) is 4.04. The molecular weight excluding hydrogens is 188 g/mol. The van der Waals surface area contributed by atoms with Gasteiger partial charge in [-0.15, -0.1) is 0 Å². The smallest absolute Gasteiger partial charge is 0.132 e. The van der Waals surface area contributed by atoms with Gasteiger partial charge in [0, 0.05) is 12.1 Å². The van der Waals surface area contributed by atoms with Gasteiger partial charge in [0.05, 0.1) is 0 Å². The van der Waals surface area contributed by atoms with Crippen molar-refractivity contribution >= 4 is 11.6 Å². The maximum absolute atomic E-state index is 5.65. The lowest BCUT2D eigenvalue weighted by Crippen LogP contribution is -2.24. The van der Waals surface area contributed by atoms with Crippen LogP contribution in [-0.2, 0) is 0 Å². The number of aromatic nitrogens is 2. The van der Waals surface area contributed by atoms with Gasteiger partial charge >= 0.3 is 0 Å². The standard InChI is InChI=1S/C11H20N4/c1-5-7(2)8(3)13-11-6-10(12)14-9(4)15-11/h6-8H,5H2,1-4H3,(H3,12,13,14,15). The number of nitrogens with one attached hydrogen (secondary N) is 1. The summed E-state index contributed by atoms with van der Waals surface area (Å²) in [5.41, 5.74) is 5.65. The molecule has 15 heavy (non-hydrogen) atoms. The van der Waals surface area contributed by atoms with Crippen LogP contribution in [0.2, 0.25) is 0 Å². The van der Waals surface area contributed by atoms with Crippen LogP contribution in [0.15, 0.2) is 6.07 Å². The van der Waals surface area contributed by atoms with Gasteiger partial charge in [0.2, 0.25) is 0 Å². The fourth-order valence-corrected chi connectivity index (χ4v) is 1.39. The summed E-state index contributed by atoms with van der Waals surface area (Å²) in [6.45, 7) is 8.40. The van der Waals surface area contributed by atoms with Crippen LogP contribution in [0.5, 0.6) is 0 Å². The van der Waals surface area contributed by atoms with Crippen molar-refractivity contribution in [2.24, 2.45) is 5.92 Å².